The Morgan fingerprint density at radius 1 is 1.23 bits per heavy atom. The van der Waals surface area contributed by atoms with Gasteiger partial charge < -0.3 is 4.84 Å². The number of aromatic nitrogens is 4. The van der Waals surface area contributed by atoms with Crippen LogP contribution in [0.1, 0.15) is 24.2 Å². The summed E-state index contributed by atoms with van der Waals surface area (Å²) in [7, 11) is 0. The molecule has 0 saturated heterocycles. The summed E-state index contributed by atoms with van der Waals surface area (Å²) in [6.07, 6.45) is 11.6. The van der Waals surface area contributed by atoms with Gasteiger partial charge in [0.15, 0.2) is 0 Å². The number of hydrogen-bond acceptors (Lipinski definition) is 7. The fourth-order valence-corrected chi connectivity index (χ4v) is 3.62. The van der Waals surface area contributed by atoms with E-state index in [2.05, 4.69) is 26.7 Å². The quantitative estimate of drug-likeness (QED) is 0.390. The van der Waals surface area contributed by atoms with E-state index >= 15 is 0 Å². The largest absolute Gasteiger partial charge is 0.391 e. The fraction of sp³-hybridized carbons (Fsp3) is 0.211. The van der Waals surface area contributed by atoms with Gasteiger partial charge in [0.25, 0.3) is 0 Å². The molecule has 0 bridgehead atoms. The molecule has 0 radical (unpaired) electrons. The van der Waals surface area contributed by atoms with E-state index in [-0.39, 0.29) is 0 Å². The molecule has 130 valence electrons. The van der Waals surface area contributed by atoms with E-state index in [1.807, 2.05) is 30.7 Å². The van der Waals surface area contributed by atoms with Crippen molar-refractivity contribution >= 4 is 17.0 Å². The van der Waals surface area contributed by atoms with Gasteiger partial charge in [0.05, 0.1) is 16.8 Å². The molecule has 3 aromatic heterocycles. The molecule has 3 aromatic rings. The number of fused-ring (bicyclic) bond motifs is 1. The molecule has 0 fully saturated rings. The molecule has 0 N–H and O–H groups in total. The first kappa shape index (κ1) is 16.5. The van der Waals surface area contributed by atoms with E-state index in [0.29, 0.717) is 6.61 Å². The van der Waals surface area contributed by atoms with E-state index in [1.54, 1.807) is 23.6 Å². The van der Waals surface area contributed by atoms with Crippen molar-refractivity contribution in [1.29, 1.82) is 0 Å². The molecule has 4 rings (SSSR count). The minimum Gasteiger partial charge on any atom is -0.391 e. The van der Waals surface area contributed by atoms with Gasteiger partial charge in [-0.25, -0.2) is 9.97 Å². The number of thiazole rings is 1. The Labute approximate surface area is 155 Å². The first-order valence-corrected chi connectivity index (χ1v) is 9.19. The molecule has 1 aliphatic rings. The van der Waals surface area contributed by atoms with Crippen LogP contribution >= 0.6 is 11.3 Å². The highest BCUT2D eigenvalue weighted by atomic mass is 32.1. The van der Waals surface area contributed by atoms with Gasteiger partial charge in [-0.3, -0.25) is 9.97 Å². The standard InChI is InChI=1S/C19H17N5OS/c1-2-9-25-24-15-7-3-6-14-18(15)23-16(11-21-14)17-12-22-19(26-17)13-5-4-8-20-10-13/h2,4-5,8,10-12H,1,3,6-7,9H2/b24-15+. The van der Waals surface area contributed by atoms with E-state index < -0.39 is 0 Å². The predicted molar refractivity (Wildman–Crippen MR) is 102 cm³/mol. The molecule has 0 saturated carbocycles. The lowest BCUT2D eigenvalue weighted by Gasteiger charge is -2.16. The summed E-state index contributed by atoms with van der Waals surface area (Å²) in [5.74, 6) is 0. The molecule has 0 unspecified atom stereocenters. The van der Waals surface area contributed by atoms with Gasteiger partial charge in [-0.05, 0) is 31.4 Å². The topological polar surface area (TPSA) is 73.2 Å². The second-order valence-corrected chi connectivity index (χ2v) is 6.83. The normalized spacial score (nSPS) is 14.8. The molecule has 0 aromatic carbocycles. The third kappa shape index (κ3) is 3.39. The molecule has 0 amide bonds. The van der Waals surface area contributed by atoms with Crippen LogP contribution in [0.5, 0.6) is 0 Å². The Kier molecular flexibility index (Phi) is 4.79. The molecular formula is C19H17N5OS. The second kappa shape index (κ2) is 7.53. The van der Waals surface area contributed by atoms with E-state index in [0.717, 1.165) is 57.5 Å². The number of hydrogen-bond donors (Lipinski definition) is 0. The van der Waals surface area contributed by atoms with Gasteiger partial charge in [0.2, 0.25) is 0 Å². The number of rotatable bonds is 5. The minimum atomic E-state index is 0.384. The van der Waals surface area contributed by atoms with Crippen LogP contribution in [0, 0.1) is 0 Å². The van der Waals surface area contributed by atoms with Gasteiger partial charge in [0.1, 0.15) is 28.7 Å². The predicted octanol–water partition coefficient (Wildman–Crippen LogP) is 3.91. The van der Waals surface area contributed by atoms with E-state index in [9.17, 15) is 0 Å². The Balaban J connectivity index is 1.67. The van der Waals surface area contributed by atoms with Crippen molar-refractivity contribution < 1.29 is 4.84 Å². The monoisotopic (exact) mass is 363 g/mol. The summed E-state index contributed by atoms with van der Waals surface area (Å²) in [6, 6.07) is 3.90. The van der Waals surface area contributed by atoms with Crippen molar-refractivity contribution in [3.8, 4) is 21.1 Å². The smallest absolute Gasteiger partial charge is 0.135 e. The van der Waals surface area contributed by atoms with Crippen molar-refractivity contribution in [2.45, 2.75) is 19.3 Å². The fourth-order valence-electron chi connectivity index (χ4n) is 2.76. The van der Waals surface area contributed by atoms with E-state index in [1.165, 1.54) is 0 Å². The molecule has 0 aliphatic heterocycles. The van der Waals surface area contributed by atoms with Crippen LogP contribution in [0.15, 0.2) is 54.7 Å². The lowest BCUT2D eigenvalue weighted by atomic mass is 9.98. The first-order valence-electron chi connectivity index (χ1n) is 8.38. The lowest BCUT2D eigenvalue weighted by molar-refractivity contribution is 0.174. The zero-order valence-corrected chi connectivity index (χ0v) is 14.9. The molecule has 7 heteroatoms. The summed E-state index contributed by atoms with van der Waals surface area (Å²) < 4.78 is 0. The lowest BCUT2D eigenvalue weighted by Crippen LogP contribution is -2.16. The molecule has 6 nitrogen and oxygen atoms in total. The Hall–Kier alpha value is -2.93. The Morgan fingerprint density at radius 2 is 2.19 bits per heavy atom. The summed E-state index contributed by atoms with van der Waals surface area (Å²) in [5, 5.41) is 5.14. The van der Waals surface area contributed by atoms with Gasteiger partial charge in [-0.1, -0.05) is 17.8 Å². The van der Waals surface area contributed by atoms with Gasteiger partial charge >= 0.3 is 0 Å². The minimum absolute atomic E-state index is 0.384. The maximum Gasteiger partial charge on any atom is 0.135 e. The summed E-state index contributed by atoms with van der Waals surface area (Å²) in [6.45, 7) is 4.02. The highest BCUT2D eigenvalue weighted by Crippen LogP contribution is 2.31. The van der Waals surface area contributed by atoms with Crippen LogP contribution in [0.3, 0.4) is 0 Å². The van der Waals surface area contributed by atoms with Gasteiger partial charge in [-0.2, -0.15) is 0 Å². The Bertz CT molecular complexity index is 952. The molecule has 26 heavy (non-hydrogen) atoms. The van der Waals surface area contributed by atoms with Crippen molar-refractivity contribution in [1.82, 2.24) is 19.9 Å². The number of oxime groups is 1. The van der Waals surface area contributed by atoms with Crippen molar-refractivity contribution in [2.24, 2.45) is 5.16 Å². The molecule has 1 aliphatic carbocycles. The summed E-state index contributed by atoms with van der Waals surface area (Å²) in [5.41, 5.74) is 4.44. The molecule has 3 heterocycles. The average Bonchev–Trinajstić information content (AvgIpc) is 3.19. The maximum atomic E-state index is 5.27. The summed E-state index contributed by atoms with van der Waals surface area (Å²) >= 11 is 1.57. The molecule has 0 spiro atoms. The molecule has 0 atom stereocenters. The SMILES string of the molecule is C=CCO/N=C1\CCCc2ncc(-c3cnc(-c4cccnc4)s3)nc21. The zero-order chi connectivity index (χ0) is 17.8. The van der Waals surface area contributed by atoms with Crippen molar-refractivity contribution in [2.75, 3.05) is 6.61 Å². The number of aryl methyl sites for hydroxylation is 1. The highest BCUT2D eigenvalue weighted by molar-refractivity contribution is 7.18. The van der Waals surface area contributed by atoms with Crippen LogP contribution < -0.4 is 0 Å². The number of pyridine rings is 1. The first-order chi connectivity index (χ1) is 12.8. The third-order valence-corrected chi connectivity index (χ3v) is 5.05. The van der Waals surface area contributed by atoms with Gasteiger partial charge in [-0.15, -0.1) is 11.3 Å². The number of nitrogens with zero attached hydrogens (tertiary/aromatic N) is 5. The van der Waals surface area contributed by atoms with Crippen LogP contribution in [-0.4, -0.2) is 32.3 Å². The average molecular weight is 363 g/mol. The van der Waals surface area contributed by atoms with Crippen molar-refractivity contribution in [3.63, 3.8) is 0 Å². The zero-order valence-electron chi connectivity index (χ0n) is 14.1. The van der Waals surface area contributed by atoms with Gasteiger partial charge in [0, 0.05) is 24.2 Å². The van der Waals surface area contributed by atoms with Crippen LogP contribution in [-0.2, 0) is 11.3 Å². The van der Waals surface area contributed by atoms with Crippen LogP contribution in [0.2, 0.25) is 0 Å². The maximum absolute atomic E-state index is 5.27. The summed E-state index contributed by atoms with van der Waals surface area (Å²) in [4.78, 5) is 24.3. The van der Waals surface area contributed by atoms with Crippen LogP contribution in [0.25, 0.3) is 21.1 Å². The Morgan fingerprint density at radius 3 is 3.04 bits per heavy atom. The third-order valence-electron chi connectivity index (χ3n) is 3.98. The van der Waals surface area contributed by atoms with E-state index in [4.69, 9.17) is 9.82 Å². The van der Waals surface area contributed by atoms with Crippen LogP contribution in [0.4, 0.5) is 0 Å². The van der Waals surface area contributed by atoms with Crippen molar-refractivity contribution in [3.05, 3.63) is 61.0 Å². The highest BCUT2D eigenvalue weighted by Gasteiger charge is 2.21. The second-order valence-electron chi connectivity index (χ2n) is 5.80. The molecular weight excluding hydrogens is 346 g/mol.